The first-order valence-electron chi connectivity index (χ1n) is 5.58. The Morgan fingerprint density at radius 3 is 3.06 bits per heavy atom. The van der Waals surface area contributed by atoms with Gasteiger partial charge in [-0.15, -0.1) is 0 Å². The van der Waals surface area contributed by atoms with E-state index in [9.17, 15) is 0 Å². The molecular weight excluding hydrogens is 202 g/mol. The van der Waals surface area contributed by atoms with Crippen molar-refractivity contribution < 1.29 is 5.11 Å². The lowest BCUT2D eigenvalue weighted by molar-refractivity contribution is 0.234. The summed E-state index contributed by atoms with van der Waals surface area (Å²) in [5, 5.41) is 8.81. The number of nitrogens with zero attached hydrogens (tertiary/aromatic N) is 3. The first-order chi connectivity index (χ1) is 7.90. The second-order valence-electron chi connectivity index (χ2n) is 3.84. The van der Waals surface area contributed by atoms with Gasteiger partial charge >= 0.3 is 0 Å². The van der Waals surface area contributed by atoms with Crippen LogP contribution in [0, 0.1) is 0 Å². The van der Waals surface area contributed by atoms with E-state index < -0.39 is 0 Å². The smallest absolute Gasteiger partial charge is 0.133 e. The van der Waals surface area contributed by atoms with Gasteiger partial charge in [0.1, 0.15) is 5.82 Å². The van der Waals surface area contributed by atoms with Crippen molar-refractivity contribution in [2.45, 2.75) is 6.42 Å². The van der Waals surface area contributed by atoms with Gasteiger partial charge in [-0.25, -0.2) is 4.98 Å². The summed E-state index contributed by atoms with van der Waals surface area (Å²) in [5.41, 5.74) is 0. The van der Waals surface area contributed by atoms with E-state index in [0.29, 0.717) is 0 Å². The second kappa shape index (κ2) is 5.63. The molecule has 4 nitrogen and oxygen atoms in total. The number of rotatable bonds is 4. The lowest BCUT2D eigenvalue weighted by Gasteiger charge is -2.31. The minimum Gasteiger partial charge on any atom is -0.396 e. The van der Waals surface area contributed by atoms with Crippen LogP contribution in [0.1, 0.15) is 6.42 Å². The first-order valence-corrected chi connectivity index (χ1v) is 5.58. The van der Waals surface area contributed by atoms with Crippen LogP contribution in [0.4, 0.5) is 5.82 Å². The van der Waals surface area contributed by atoms with Crippen LogP contribution in [0.15, 0.2) is 36.7 Å². The van der Waals surface area contributed by atoms with Crippen molar-refractivity contribution >= 4 is 5.82 Å². The number of aromatic nitrogens is 1. The Morgan fingerprint density at radius 2 is 2.31 bits per heavy atom. The van der Waals surface area contributed by atoms with Gasteiger partial charge in [-0.1, -0.05) is 12.1 Å². The molecule has 0 radical (unpaired) electrons. The predicted molar refractivity (Wildman–Crippen MR) is 64.0 cm³/mol. The van der Waals surface area contributed by atoms with Crippen molar-refractivity contribution in [1.82, 2.24) is 9.88 Å². The molecule has 4 heteroatoms. The maximum atomic E-state index is 8.81. The third-order valence-electron chi connectivity index (χ3n) is 2.58. The highest BCUT2D eigenvalue weighted by Gasteiger charge is 2.13. The van der Waals surface area contributed by atoms with Crippen LogP contribution in [-0.2, 0) is 0 Å². The normalized spacial score (nSPS) is 16.7. The molecule has 0 aromatic carbocycles. The zero-order valence-electron chi connectivity index (χ0n) is 9.29. The molecule has 1 aromatic rings. The topological polar surface area (TPSA) is 39.6 Å². The van der Waals surface area contributed by atoms with Crippen molar-refractivity contribution in [3.8, 4) is 0 Å². The van der Waals surface area contributed by atoms with Gasteiger partial charge < -0.3 is 10.0 Å². The maximum absolute atomic E-state index is 8.81. The standard InChI is InChI=1S/C12H17N3O/c16-10-4-8-14-7-3-9-15(11-14)12-5-1-2-6-13-12/h1-3,5-6,9,16H,4,7-8,10-11H2. The molecule has 16 heavy (non-hydrogen) atoms. The van der Waals surface area contributed by atoms with E-state index in [1.165, 1.54) is 0 Å². The van der Waals surface area contributed by atoms with Gasteiger partial charge in [-0.2, -0.15) is 0 Å². The third-order valence-corrected chi connectivity index (χ3v) is 2.58. The quantitative estimate of drug-likeness (QED) is 0.822. The summed E-state index contributed by atoms with van der Waals surface area (Å²) in [6.07, 6.45) is 6.81. The highest BCUT2D eigenvalue weighted by atomic mass is 16.3. The molecule has 0 aliphatic carbocycles. The summed E-state index contributed by atoms with van der Waals surface area (Å²) in [6.45, 7) is 2.96. The van der Waals surface area contributed by atoms with Crippen LogP contribution >= 0.6 is 0 Å². The SMILES string of the molecule is OCCCN1CC=CN(c2ccccn2)C1. The molecule has 1 aromatic heterocycles. The fourth-order valence-electron chi connectivity index (χ4n) is 1.77. The Balaban J connectivity index is 1.97. The molecule has 2 rings (SSSR count). The van der Waals surface area contributed by atoms with Crippen LogP contribution in [0.3, 0.4) is 0 Å². The number of aliphatic hydroxyl groups excluding tert-OH is 1. The molecule has 1 aliphatic rings. The summed E-state index contributed by atoms with van der Waals surface area (Å²) in [6, 6.07) is 5.91. The summed E-state index contributed by atoms with van der Waals surface area (Å²) >= 11 is 0. The number of hydrogen-bond acceptors (Lipinski definition) is 4. The molecule has 1 aliphatic heterocycles. The van der Waals surface area contributed by atoms with E-state index in [2.05, 4.69) is 27.1 Å². The summed E-state index contributed by atoms with van der Waals surface area (Å²) in [7, 11) is 0. The van der Waals surface area contributed by atoms with Crippen molar-refractivity contribution in [2.75, 3.05) is 31.3 Å². The van der Waals surface area contributed by atoms with E-state index >= 15 is 0 Å². The van der Waals surface area contributed by atoms with Gasteiger partial charge in [0, 0.05) is 32.1 Å². The molecule has 0 amide bonds. The van der Waals surface area contributed by atoms with Crippen molar-refractivity contribution in [1.29, 1.82) is 0 Å². The fourth-order valence-corrected chi connectivity index (χ4v) is 1.77. The van der Waals surface area contributed by atoms with Crippen LogP contribution in [0.5, 0.6) is 0 Å². The molecule has 0 fully saturated rings. The Morgan fingerprint density at radius 1 is 1.38 bits per heavy atom. The molecule has 1 N–H and O–H groups in total. The fraction of sp³-hybridized carbons (Fsp3) is 0.417. The predicted octanol–water partition coefficient (Wildman–Crippen LogP) is 1.06. The molecule has 0 atom stereocenters. The van der Waals surface area contributed by atoms with Gasteiger partial charge in [0.05, 0.1) is 6.67 Å². The van der Waals surface area contributed by atoms with Crippen molar-refractivity contribution in [3.05, 3.63) is 36.7 Å². The molecular formula is C12H17N3O. The minimum atomic E-state index is 0.254. The minimum absolute atomic E-state index is 0.254. The summed E-state index contributed by atoms with van der Waals surface area (Å²) in [5.74, 6) is 0.965. The van der Waals surface area contributed by atoms with Crippen molar-refractivity contribution in [2.24, 2.45) is 0 Å². The van der Waals surface area contributed by atoms with Crippen molar-refractivity contribution in [3.63, 3.8) is 0 Å². The molecule has 0 saturated heterocycles. The van der Waals surface area contributed by atoms with E-state index in [1.807, 2.05) is 18.2 Å². The molecule has 0 bridgehead atoms. The zero-order chi connectivity index (χ0) is 11.2. The lowest BCUT2D eigenvalue weighted by Crippen LogP contribution is -2.39. The summed E-state index contributed by atoms with van der Waals surface area (Å²) in [4.78, 5) is 8.71. The first kappa shape index (κ1) is 11.1. The van der Waals surface area contributed by atoms with Crippen LogP contribution in [0.25, 0.3) is 0 Å². The van der Waals surface area contributed by atoms with Crippen LogP contribution < -0.4 is 4.90 Å². The van der Waals surface area contributed by atoms with Gasteiger partial charge in [-0.05, 0) is 18.6 Å². The number of hydrogen-bond donors (Lipinski definition) is 1. The zero-order valence-corrected chi connectivity index (χ0v) is 9.29. The average molecular weight is 219 g/mol. The van der Waals surface area contributed by atoms with E-state index in [-0.39, 0.29) is 6.61 Å². The average Bonchev–Trinajstić information content (AvgIpc) is 2.38. The van der Waals surface area contributed by atoms with Crippen LogP contribution in [0.2, 0.25) is 0 Å². The van der Waals surface area contributed by atoms with E-state index in [1.54, 1.807) is 6.20 Å². The molecule has 2 heterocycles. The Labute approximate surface area is 95.8 Å². The van der Waals surface area contributed by atoms with Gasteiger partial charge in [-0.3, -0.25) is 4.90 Å². The van der Waals surface area contributed by atoms with E-state index in [4.69, 9.17) is 5.11 Å². The van der Waals surface area contributed by atoms with Crippen LogP contribution in [-0.4, -0.2) is 41.4 Å². The number of pyridine rings is 1. The molecule has 0 unspecified atom stereocenters. The maximum Gasteiger partial charge on any atom is 0.133 e. The van der Waals surface area contributed by atoms with Gasteiger partial charge in [0.15, 0.2) is 0 Å². The third kappa shape index (κ3) is 2.81. The highest BCUT2D eigenvalue weighted by Crippen LogP contribution is 2.13. The molecule has 0 saturated carbocycles. The number of aliphatic hydroxyl groups is 1. The van der Waals surface area contributed by atoms with E-state index in [0.717, 1.165) is 32.0 Å². The monoisotopic (exact) mass is 219 g/mol. The highest BCUT2D eigenvalue weighted by molar-refractivity contribution is 5.41. The Bertz CT molecular complexity index is 339. The Hall–Kier alpha value is -1.39. The largest absolute Gasteiger partial charge is 0.396 e. The second-order valence-corrected chi connectivity index (χ2v) is 3.84. The molecule has 86 valence electrons. The molecule has 0 spiro atoms. The van der Waals surface area contributed by atoms with Gasteiger partial charge in [0.25, 0.3) is 0 Å². The lowest BCUT2D eigenvalue weighted by atomic mass is 10.3. The summed E-state index contributed by atoms with van der Waals surface area (Å²) < 4.78 is 0. The Kier molecular flexibility index (Phi) is 3.91. The number of anilines is 1. The van der Waals surface area contributed by atoms with Gasteiger partial charge in [0.2, 0.25) is 0 Å².